The van der Waals surface area contributed by atoms with Crippen molar-refractivity contribution < 1.29 is 9.13 Å². The van der Waals surface area contributed by atoms with Crippen molar-refractivity contribution in [1.82, 2.24) is 19.1 Å². The van der Waals surface area contributed by atoms with E-state index in [1.54, 1.807) is 19.2 Å². The summed E-state index contributed by atoms with van der Waals surface area (Å²) in [6.07, 6.45) is 0. The molecule has 0 saturated heterocycles. The maximum absolute atomic E-state index is 14.0. The summed E-state index contributed by atoms with van der Waals surface area (Å²) in [5, 5.41) is 0.744. The number of halogens is 1. The quantitative estimate of drug-likeness (QED) is 0.479. The Hall–Kier alpha value is -2.68. The van der Waals surface area contributed by atoms with E-state index in [1.807, 2.05) is 20.8 Å². The van der Waals surface area contributed by atoms with Crippen LogP contribution in [0.25, 0.3) is 11.0 Å². The van der Waals surface area contributed by atoms with Crippen LogP contribution in [0.1, 0.15) is 32.2 Å². The number of methoxy groups -OCH3 is 1. The first-order valence-electron chi connectivity index (χ1n) is 8.98. The molecule has 0 aliphatic carbocycles. The molecular formula is C20H23FN4O3S. The summed E-state index contributed by atoms with van der Waals surface area (Å²) < 4.78 is 21.4. The lowest BCUT2D eigenvalue weighted by molar-refractivity contribution is 0.386. The molecule has 0 atom stereocenters. The highest BCUT2D eigenvalue weighted by Crippen LogP contribution is 2.30. The van der Waals surface area contributed by atoms with E-state index >= 15 is 0 Å². The second-order valence-corrected chi connectivity index (χ2v) is 8.73. The van der Waals surface area contributed by atoms with Crippen molar-refractivity contribution in [3.05, 3.63) is 56.2 Å². The fourth-order valence-electron chi connectivity index (χ4n) is 2.82. The molecule has 9 heteroatoms. The number of aryl methyl sites for hydroxylation is 1. The lowest BCUT2D eigenvalue weighted by Crippen LogP contribution is -2.38. The van der Waals surface area contributed by atoms with E-state index in [2.05, 4.69) is 9.97 Å². The first kappa shape index (κ1) is 21.0. The summed E-state index contributed by atoms with van der Waals surface area (Å²) >= 11 is 1.31. The van der Waals surface area contributed by atoms with Crippen molar-refractivity contribution >= 4 is 22.8 Å². The van der Waals surface area contributed by atoms with Gasteiger partial charge in [0.05, 0.1) is 7.11 Å². The largest absolute Gasteiger partial charge is 0.494 e. The zero-order valence-electron chi connectivity index (χ0n) is 17.2. The number of hydrogen-bond acceptors (Lipinski definition) is 6. The van der Waals surface area contributed by atoms with E-state index in [-0.39, 0.29) is 16.6 Å². The zero-order chi connectivity index (χ0) is 21.5. The van der Waals surface area contributed by atoms with Crippen LogP contribution in [0.5, 0.6) is 5.75 Å². The van der Waals surface area contributed by atoms with Gasteiger partial charge in [-0.3, -0.25) is 13.9 Å². The molecule has 0 spiro atoms. The molecule has 0 unspecified atom stereocenters. The molecule has 2 aromatic heterocycles. The third kappa shape index (κ3) is 3.91. The van der Waals surface area contributed by atoms with Gasteiger partial charge in [0.2, 0.25) is 0 Å². The van der Waals surface area contributed by atoms with Crippen LogP contribution in [-0.4, -0.2) is 26.2 Å². The number of hydrogen-bond donors (Lipinski definition) is 0. The Morgan fingerprint density at radius 3 is 2.41 bits per heavy atom. The molecule has 7 nitrogen and oxygen atoms in total. The molecule has 0 amide bonds. The Labute approximate surface area is 171 Å². The topological polar surface area (TPSA) is 79.0 Å². The van der Waals surface area contributed by atoms with Gasteiger partial charge in [0.25, 0.3) is 5.56 Å². The third-order valence-corrected chi connectivity index (χ3v) is 5.58. The van der Waals surface area contributed by atoms with Crippen molar-refractivity contribution in [3.8, 4) is 5.75 Å². The molecule has 154 valence electrons. The Kier molecular flexibility index (Phi) is 5.53. The summed E-state index contributed by atoms with van der Waals surface area (Å²) in [6.45, 7) is 5.88. The molecule has 0 aliphatic rings. The zero-order valence-corrected chi connectivity index (χ0v) is 18.1. The van der Waals surface area contributed by atoms with Crippen molar-refractivity contribution in [1.29, 1.82) is 0 Å². The predicted molar refractivity (Wildman–Crippen MR) is 111 cm³/mol. The van der Waals surface area contributed by atoms with Crippen LogP contribution in [-0.2, 0) is 25.3 Å². The normalized spacial score (nSPS) is 11.8. The number of fused-ring (bicyclic) bond motifs is 1. The SMILES string of the molecule is COc1ccc(CSc2nc(C(C)(C)C)nc3c2c(=O)n(C)c(=O)n3C)cc1F. The average Bonchev–Trinajstić information content (AvgIpc) is 2.67. The Balaban J connectivity index is 2.16. The van der Waals surface area contributed by atoms with E-state index in [0.29, 0.717) is 22.3 Å². The molecular weight excluding hydrogens is 395 g/mol. The minimum absolute atomic E-state index is 0.171. The maximum Gasteiger partial charge on any atom is 0.332 e. The van der Waals surface area contributed by atoms with Gasteiger partial charge in [-0.25, -0.2) is 19.2 Å². The van der Waals surface area contributed by atoms with E-state index in [4.69, 9.17) is 4.74 Å². The van der Waals surface area contributed by atoms with Gasteiger partial charge in [0, 0.05) is 25.3 Å². The Bertz CT molecular complexity index is 1210. The summed E-state index contributed by atoms with van der Waals surface area (Å²) in [7, 11) is 4.42. The first-order chi connectivity index (χ1) is 13.5. The van der Waals surface area contributed by atoms with Crippen molar-refractivity contribution in [2.24, 2.45) is 14.1 Å². The van der Waals surface area contributed by atoms with Crippen LogP contribution in [0.4, 0.5) is 4.39 Å². The lowest BCUT2D eigenvalue weighted by atomic mass is 9.96. The van der Waals surface area contributed by atoms with Crippen molar-refractivity contribution in [2.45, 2.75) is 37.0 Å². The highest BCUT2D eigenvalue weighted by Gasteiger charge is 2.23. The summed E-state index contributed by atoms with van der Waals surface area (Å²) in [5.74, 6) is 0.636. The molecule has 0 aliphatic heterocycles. The highest BCUT2D eigenvalue weighted by atomic mass is 32.2. The summed E-state index contributed by atoms with van der Waals surface area (Å²) in [5.41, 5.74) is -0.269. The van der Waals surface area contributed by atoms with E-state index in [0.717, 1.165) is 10.1 Å². The van der Waals surface area contributed by atoms with Crippen LogP contribution in [0.3, 0.4) is 0 Å². The number of benzene rings is 1. The number of nitrogens with zero attached hydrogens (tertiary/aromatic N) is 4. The molecule has 29 heavy (non-hydrogen) atoms. The minimum Gasteiger partial charge on any atom is -0.494 e. The molecule has 0 saturated carbocycles. The Morgan fingerprint density at radius 2 is 1.83 bits per heavy atom. The molecule has 0 bridgehead atoms. The van der Waals surface area contributed by atoms with Gasteiger partial charge in [0.15, 0.2) is 17.2 Å². The predicted octanol–water partition coefficient (Wildman–Crippen LogP) is 2.76. The van der Waals surface area contributed by atoms with Crippen LogP contribution in [0.2, 0.25) is 0 Å². The van der Waals surface area contributed by atoms with Crippen molar-refractivity contribution in [3.63, 3.8) is 0 Å². The molecule has 0 radical (unpaired) electrons. The highest BCUT2D eigenvalue weighted by molar-refractivity contribution is 7.98. The van der Waals surface area contributed by atoms with E-state index in [9.17, 15) is 14.0 Å². The fourth-order valence-corrected chi connectivity index (χ4v) is 3.78. The van der Waals surface area contributed by atoms with Gasteiger partial charge in [-0.05, 0) is 17.7 Å². The van der Waals surface area contributed by atoms with Gasteiger partial charge < -0.3 is 4.74 Å². The second-order valence-electron chi connectivity index (χ2n) is 7.76. The van der Waals surface area contributed by atoms with Crippen molar-refractivity contribution in [2.75, 3.05) is 7.11 Å². The summed E-state index contributed by atoms with van der Waals surface area (Å²) in [6, 6.07) is 4.72. The molecule has 3 rings (SSSR count). The van der Waals surface area contributed by atoms with Crippen LogP contribution >= 0.6 is 11.8 Å². The van der Waals surface area contributed by atoms with Crippen LogP contribution in [0, 0.1) is 5.82 Å². The van der Waals surface area contributed by atoms with Crippen LogP contribution in [0.15, 0.2) is 32.8 Å². The number of rotatable bonds is 4. The number of aromatic nitrogens is 4. The van der Waals surface area contributed by atoms with E-state index < -0.39 is 17.1 Å². The van der Waals surface area contributed by atoms with E-state index in [1.165, 1.54) is 36.6 Å². The standard InChI is InChI=1S/C20H23FN4O3S/c1-20(2,3)18-22-15-14(17(26)25(5)19(27)24(15)4)16(23-18)29-10-11-7-8-13(28-6)12(21)9-11/h7-9H,10H2,1-6H3. The maximum atomic E-state index is 14.0. The van der Waals surface area contributed by atoms with Gasteiger partial charge in [0.1, 0.15) is 16.2 Å². The smallest absolute Gasteiger partial charge is 0.332 e. The number of ether oxygens (including phenoxy) is 1. The minimum atomic E-state index is -0.452. The first-order valence-corrected chi connectivity index (χ1v) is 9.96. The van der Waals surface area contributed by atoms with Gasteiger partial charge in [-0.15, -0.1) is 11.8 Å². The fraction of sp³-hybridized carbons (Fsp3) is 0.400. The molecule has 3 aromatic rings. The Morgan fingerprint density at radius 1 is 1.14 bits per heavy atom. The third-order valence-electron chi connectivity index (χ3n) is 4.53. The average molecular weight is 418 g/mol. The lowest BCUT2D eigenvalue weighted by Gasteiger charge is -2.19. The van der Waals surface area contributed by atoms with Gasteiger partial charge >= 0.3 is 5.69 Å². The molecule has 0 fully saturated rings. The summed E-state index contributed by atoms with van der Waals surface area (Å²) in [4.78, 5) is 34.3. The van der Waals surface area contributed by atoms with Gasteiger partial charge in [-0.1, -0.05) is 26.8 Å². The van der Waals surface area contributed by atoms with Crippen LogP contribution < -0.4 is 16.0 Å². The number of thioether (sulfide) groups is 1. The molecule has 1 aromatic carbocycles. The molecule has 0 N–H and O–H groups in total. The monoisotopic (exact) mass is 418 g/mol. The van der Waals surface area contributed by atoms with Gasteiger partial charge in [-0.2, -0.15) is 0 Å². The molecule has 2 heterocycles. The second kappa shape index (κ2) is 7.62.